The lowest BCUT2D eigenvalue weighted by molar-refractivity contribution is 0.335. The van der Waals surface area contributed by atoms with E-state index in [9.17, 15) is 16.8 Å². The zero-order valence-electron chi connectivity index (χ0n) is 11.2. The van der Waals surface area contributed by atoms with Gasteiger partial charge in [0.25, 0.3) is 20.1 Å². The Morgan fingerprint density at radius 1 is 1.43 bits per heavy atom. The third-order valence-electron chi connectivity index (χ3n) is 2.70. The average molecular weight is 333 g/mol. The first kappa shape index (κ1) is 15.7. The number of anilines is 1. The van der Waals surface area contributed by atoms with E-state index < -0.39 is 20.1 Å². The normalized spacial score (nSPS) is 16.9. The molecule has 2 rings (SSSR count). The highest BCUT2D eigenvalue weighted by Crippen LogP contribution is 2.26. The number of nitrogens with one attached hydrogen (secondary N) is 1. The Bertz CT molecular complexity index is 784. The number of rotatable bonds is 5. The molecule has 1 aromatic carbocycles. The van der Waals surface area contributed by atoms with Crippen molar-refractivity contribution in [3.63, 3.8) is 0 Å². The fourth-order valence-corrected chi connectivity index (χ4v) is 3.45. The predicted octanol–water partition coefficient (Wildman–Crippen LogP) is -0.377. The van der Waals surface area contributed by atoms with Gasteiger partial charge in [-0.15, -0.1) is 4.40 Å². The van der Waals surface area contributed by atoms with Crippen LogP contribution in [0.1, 0.15) is 11.1 Å². The second kappa shape index (κ2) is 5.62. The van der Waals surface area contributed by atoms with Crippen LogP contribution in [0.15, 0.2) is 22.6 Å². The Balaban J connectivity index is 2.17. The highest BCUT2D eigenvalue weighted by molar-refractivity contribution is 7.89. The number of nitrogens with two attached hydrogens (primary N) is 1. The molecule has 1 aliphatic heterocycles. The Hall–Kier alpha value is -1.65. The lowest BCUT2D eigenvalue weighted by Crippen LogP contribution is -2.26. The van der Waals surface area contributed by atoms with E-state index in [4.69, 9.17) is 5.73 Å². The van der Waals surface area contributed by atoms with E-state index in [-0.39, 0.29) is 24.7 Å². The van der Waals surface area contributed by atoms with Crippen LogP contribution in [0, 0.1) is 0 Å². The van der Waals surface area contributed by atoms with Crippen molar-refractivity contribution in [2.24, 2.45) is 10.1 Å². The SMILES string of the molecule is CS(=O)(=O)OCCNc1cccc2c1C(N)=NS(=O)(=O)C2. The van der Waals surface area contributed by atoms with Crippen LogP contribution in [0.5, 0.6) is 0 Å². The maximum absolute atomic E-state index is 11.5. The van der Waals surface area contributed by atoms with Gasteiger partial charge < -0.3 is 11.1 Å². The molecule has 116 valence electrons. The summed E-state index contributed by atoms with van der Waals surface area (Å²) in [6.07, 6.45) is 0.965. The molecule has 0 aliphatic carbocycles. The number of benzene rings is 1. The van der Waals surface area contributed by atoms with Gasteiger partial charge in [-0.2, -0.15) is 8.42 Å². The molecule has 21 heavy (non-hydrogen) atoms. The zero-order valence-corrected chi connectivity index (χ0v) is 12.9. The van der Waals surface area contributed by atoms with Gasteiger partial charge in [-0.3, -0.25) is 4.18 Å². The second-order valence-electron chi connectivity index (χ2n) is 4.50. The van der Waals surface area contributed by atoms with E-state index in [0.717, 1.165) is 6.26 Å². The third-order valence-corrected chi connectivity index (χ3v) is 4.44. The van der Waals surface area contributed by atoms with E-state index in [0.29, 0.717) is 16.8 Å². The first-order valence-electron chi connectivity index (χ1n) is 5.96. The molecule has 0 atom stereocenters. The van der Waals surface area contributed by atoms with Crippen molar-refractivity contribution in [3.05, 3.63) is 29.3 Å². The van der Waals surface area contributed by atoms with Crippen LogP contribution in [0.2, 0.25) is 0 Å². The summed E-state index contributed by atoms with van der Waals surface area (Å²) in [5.74, 6) is -0.290. The fourth-order valence-electron chi connectivity index (χ4n) is 1.97. The number of hydrogen-bond acceptors (Lipinski definition) is 7. The summed E-state index contributed by atoms with van der Waals surface area (Å²) >= 11 is 0. The van der Waals surface area contributed by atoms with Crippen molar-refractivity contribution < 1.29 is 21.0 Å². The van der Waals surface area contributed by atoms with Gasteiger partial charge in [0, 0.05) is 17.8 Å². The summed E-state index contributed by atoms with van der Waals surface area (Å²) in [5, 5.41) is 2.96. The van der Waals surface area contributed by atoms with Crippen LogP contribution in [0.3, 0.4) is 0 Å². The van der Waals surface area contributed by atoms with Crippen LogP contribution >= 0.6 is 0 Å². The summed E-state index contributed by atoms with van der Waals surface area (Å²) in [6.45, 7) is 0.182. The number of nitrogens with zero attached hydrogens (tertiary/aromatic N) is 1. The molecule has 1 heterocycles. The highest BCUT2D eigenvalue weighted by Gasteiger charge is 2.24. The van der Waals surface area contributed by atoms with Crippen molar-refractivity contribution in [3.8, 4) is 0 Å². The van der Waals surface area contributed by atoms with E-state index in [1.807, 2.05) is 0 Å². The molecule has 10 heteroatoms. The third kappa shape index (κ3) is 4.16. The van der Waals surface area contributed by atoms with E-state index in [2.05, 4.69) is 13.9 Å². The molecule has 1 aliphatic rings. The first-order chi connectivity index (χ1) is 9.68. The summed E-state index contributed by atoms with van der Waals surface area (Å²) < 4.78 is 52.8. The molecule has 0 spiro atoms. The van der Waals surface area contributed by atoms with Crippen molar-refractivity contribution >= 4 is 31.7 Å². The molecule has 3 N–H and O–H groups in total. The van der Waals surface area contributed by atoms with Crippen molar-refractivity contribution in [2.45, 2.75) is 5.75 Å². The summed E-state index contributed by atoms with van der Waals surface area (Å²) in [6, 6.07) is 5.05. The molecule has 0 unspecified atom stereocenters. The van der Waals surface area contributed by atoms with Gasteiger partial charge >= 0.3 is 0 Å². The van der Waals surface area contributed by atoms with Crippen molar-refractivity contribution in [1.82, 2.24) is 0 Å². The van der Waals surface area contributed by atoms with E-state index in [1.54, 1.807) is 18.2 Å². The second-order valence-corrected chi connectivity index (χ2v) is 7.77. The fraction of sp³-hybridized carbons (Fsp3) is 0.364. The predicted molar refractivity (Wildman–Crippen MR) is 79.1 cm³/mol. The van der Waals surface area contributed by atoms with Crippen LogP contribution in [0.4, 0.5) is 5.69 Å². The molecule has 0 bridgehead atoms. The average Bonchev–Trinajstić information content (AvgIpc) is 2.31. The maximum atomic E-state index is 11.5. The number of amidine groups is 1. The maximum Gasteiger partial charge on any atom is 0.264 e. The zero-order chi connectivity index (χ0) is 15.7. The van der Waals surface area contributed by atoms with Gasteiger partial charge in [0.15, 0.2) is 0 Å². The summed E-state index contributed by atoms with van der Waals surface area (Å²) in [5.41, 5.74) is 7.36. The molecule has 8 nitrogen and oxygen atoms in total. The minimum absolute atomic E-state index is 0.0438. The van der Waals surface area contributed by atoms with Gasteiger partial charge in [-0.05, 0) is 11.6 Å². The van der Waals surface area contributed by atoms with Crippen molar-refractivity contribution in [2.75, 3.05) is 24.7 Å². The van der Waals surface area contributed by atoms with Crippen LogP contribution in [-0.4, -0.2) is 42.1 Å². The molecule has 0 saturated carbocycles. The standard InChI is InChI=1S/C11H15N3O5S2/c1-20(15,16)19-6-5-13-9-4-2-3-8-7-21(17,18)14-11(12)10(8)9/h2-4,13H,5-7H2,1H3,(H2,12,14). The smallest absolute Gasteiger partial charge is 0.264 e. The summed E-state index contributed by atoms with van der Waals surface area (Å²) in [7, 11) is -7.07. The lowest BCUT2D eigenvalue weighted by atomic mass is 10.1. The topological polar surface area (TPSA) is 128 Å². The first-order valence-corrected chi connectivity index (χ1v) is 9.39. The van der Waals surface area contributed by atoms with Crippen LogP contribution in [-0.2, 0) is 30.1 Å². The quantitative estimate of drug-likeness (QED) is 0.555. The Morgan fingerprint density at radius 3 is 2.81 bits per heavy atom. The highest BCUT2D eigenvalue weighted by atomic mass is 32.2. The van der Waals surface area contributed by atoms with Crippen LogP contribution in [0.25, 0.3) is 0 Å². The van der Waals surface area contributed by atoms with Gasteiger partial charge in [0.1, 0.15) is 5.84 Å². The molecule has 0 fully saturated rings. The van der Waals surface area contributed by atoms with E-state index >= 15 is 0 Å². The van der Waals surface area contributed by atoms with Gasteiger partial charge in [-0.1, -0.05) is 12.1 Å². The molecule has 1 aromatic rings. The minimum Gasteiger partial charge on any atom is -0.382 e. The van der Waals surface area contributed by atoms with Crippen molar-refractivity contribution in [1.29, 1.82) is 0 Å². The summed E-state index contributed by atoms with van der Waals surface area (Å²) in [4.78, 5) is 0. The molecule has 0 radical (unpaired) electrons. The lowest BCUT2D eigenvalue weighted by Gasteiger charge is -2.18. The Morgan fingerprint density at radius 2 is 2.14 bits per heavy atom. The molecular weight excluding hydrogens is 318 g/mol. The van der Waals surface area contributed by atoms with Crippen LogP contribution < -0.4 is 11.1 Å². The largest absolute Gasteiger partial charge is 0.382 e. The van der Waals surface area contributed by atoms with E-state index in [1.165, 1.54) is 0 Å². The van der Waals surface area contributed by atoms with Gasteiger partial charge in [-0.25, -0.2) is 8.42 Å². The minimum atomic E-state index is -3.58. The molecule has 0 amide bonds. The monoisotopic (exact) mass is 333 g/mol. The molecule has 0 saturated heterocycles. The Labute approximate surface area is 123 Å². The van der Waals surface area contributed by atoms with Gasteiger partial charge in [0.2, 0.25) is 0 Å². The Kier molecular flexibility index (Phi) is 4.21. The number of fused-ring (bicyclic) bond motifs is 1. The van der Waals surface area contributed by atoms with Gasteiger partial charge in [0.05, 0.1) is 18.6 Å². The molecular formula is C11H15N3O5S2. The number of hydrogen-bond donors (Lipinski definition) is 2. The molecule has 0 aromatic heterocycles. The number of sulfonamides is 1.